The van der Waals surface area contributed by atoms with E-state index in [1.165, 1.54) is 29.5 Å². The molecule has 126 valence electrons. The average Bonchev–Trinajstić information content (AvgIpc) is 3.21. The van der Waals surface area contributed by atoms with Crippen molar-refractivity contribution in [3.8, 4) is 0 Å². The lowest BCUT2D eigenvalue weighted by molar-refractivity contribution is -0.385. The van der Waals surface area contributed by atoms with Crippen LogP contribution in [0.4, 0.5) is 16.0 Å². The van der Waals surface area contributed by atoms with Crippen LogP contribution in [0.1, 0.15) is 15.2 Å². The second-order valence-electron chi connectivity index (χ2n) is 4.52. The first-order valence-corrected chi connectivity index (χ1v) is 9.13. The quantitative estimate of drug-likeness (QED) is 0.363. The number of carbonyl (C=O) groups excluding carboxylic acids is 1. The Morgan fingerprint density at radius 3 is 2.76 bits per heavy atom. The zero-order valence-corrected chi connectivity index (χ0v) is 15.5. The van der Waals surface area contributed by atoms with Gasteiger partial charge in [0.15, 0.2) is 0 Å². The van der Waals surface area contributed by atoms with E-state index in [1.807, 2.05) is 12.1 Å². The minimum absolute atomic E-state index is 0.0452. The average molecular weight is 438 g/mol. The maximum Gasteiger partial charge on any atom is 0.282 e. The van der Waals surface area contributed by atoms with Crippen LogP contribution >= 0.6 is 38.6 Å². The third kappa shape index (κ3) is 4.32. The summed E-state index contributed by atoms with van der Waals surface area (Å²) < 4.78 is 0.989. The number of nitro groups is 1. The van der Waals surface area contributed by atoms with E-state index < -0.39 is 10.8 Å². The highest BCUT2D eigenvalue weighted by Gasteiger charge is 2.20. The molecular formula is C14H8BrN5O3S2. The lowest BCUT2D eigenvalue weighted by Crippen LogP contribution is -2.13. The van der Waals surface area contributed by atoms with Crippen molar-refractivity contribution in [1.82, 2.24) is 10.2 Å². The van der Waals surface area contributed by atoms with Crippen LogP contribution in [0.25, 0.3) is 0 Å². The van der Waals surface area contributed by atoms with Crippen LogP contribution in [0.3, 0.4) is 0 Å². The summed E-state index contributed by atoms with van der Waals surface area (Å²) in [5, 5.41) is 21.7. The van der Waals surface area contributed by atoms with E-state index >= 15 is 0 Å². The van der Waals surface area contributed by atoms with Crippen molar-refractivity contribution in [1.29, 1.82) is 0 Å². The van der Waals surface area contributed by atoms with Crippen molar-refractivity contribution in [3.05, 3.63) is 60.7 Å². The first-order valence-electron chi connectivity index (χ1n) is 6.70. The number of nitro benzene ring substituents is 1. The van der Waals surface area contributed by atoms with E-state index in [-0.39, 0.29) is 16.4 Å². The summed E-state index contributed by atoms with van der Waals surface area (Å²) in [7, 11) is 0. The largest absolute Gasteiger partial charge is 0.296 e. The number of rotatable bonds is 5. The molecule has 0 radical (unpaired) electrons. The Bertz CT molecular complexity index is 969. The molecule has 0 saturated heterocycles. The van der Waals surface area contributed by atoms with Gasteiger partial charge < -0.3 is 0 Å². The Hall–Kier alpha value is -2.50. The Kier molecular flexibility index (Phi) is 5.26. The highest BCUT2D eigenvalue weighted by Crippen LogP contribution is 2.26. The summed E-state index contributed by atoms with van der Waals surface area (Å²) in [5.74, 6) is -0.624. The zero-order valence-electron chi connectivity index (χ0n) is 12.2. The minimum Gasteiger partial charge on any atom is -0.296 e. The summed E-state index contributed by atoms with van der Waals surface area (Å²) in [5.41, 5.74) is -0.317. The summed E-state index contributed by atoms with van der Waals surface area (Å²) >= 11 is 5.95. The normalized spacial score (nSPS) is 10.9. The van der Waals surface area contributed by atoms with E-state index in [2.05, 4.69) is 36.4 Å². The van der Waals surface area contributed by atoms with E-state index in [0.717, 1.165) is 20.0 Å². The van der Waals surface area contributed by atoms with Gasteiger partial charge >= 0.3 is 0 Å². The Morgan fingerprint density at radius 2 is 2.04 bits per heavy atom. The van der Waals surface area contributed by atoms with E-state index in [4.69, 9.17) is 0 Å². The van der Waals surface area contributed by atoms with Crippen LogP contribution in [-0.2, 0) is 0 Å². The van der Waals surface area contributed by atoms with Gasteiger partial charge in [-0.15, -0.1) is 21.5 Å². The minimum atomic E-state index is -0.624. The number of benzene rings is 1. The zero-order chi connectivity index (χ0) is 17.8. The van der Waals surface area contributed by atoms with Gasteiger partial charge in [-0.2, -0.15) is 0 Å². The number of hydrogen-bond acceptors (Lipinski definition) is 8. The SMILES string of the molecule is O=C(Nc1nnc(N=Cc2ccc(Br)s2)s1)c1ccccc1[N+](=O)[O-]. The number of amides is 1. The fourth-order valence-electron chi connectivity index (χ4n) is 1.82. The molecule has 0 spiro atoms. The van der Waals surface area contributed by atoms with Crippen molar-refractivity contribution in [3.63, 3.8) is 0 Å². The lowest BCUT2D eigenvalue weighted by atomic mass is 10.1. The molecule has 1 amide bonds. The molecule has 2 heterocycles. The summed E-state index contributed by atoms with van der Waals surface area (Å²) in [6.07, 6.45) is 1.64. The van der Waals surface area contributed by atoms with Crippen molar-refractivity contribution in [2.24, 2.45) is 4.99 Å². The third-order valence-electron chi connectivity index (χ3n) is 2.88. The molecule has 3 rings (SSSR count). The summed E-state index contributed by atoms with van der Waals surface area (Å²) in [6, 6.07) is 9.50. The van der Waals surface area contributed by atoms with Gasteiger partial charge in [-0.25, -0.2) is 4.99 Å². The second kappa shape index (κ2) is 7.59. The molecule has 0 fully saturated rings. The van der Waals surface area contributed by atoms with Crippen molar-refractivity contribution in [2.75, 3.05) is 5.32 Å². The number of halogens is 1. The van der Waals surface area contributed by atoms with Crippen LogP contribution in [0.5, 0.6) is 0 Å². The van der Waals surface area contributed by atoms with E-state index in [9.17, 15) is 14.9 Å². The van der Waals surface area contributed by atoms with Crippen LogP contribution in [-0.4, -0.2) is 27.2 Å². The number of thiophene rings is 1. The topological polar surface area (TPSA) is 110 Å². The third-order valence-corrected chi connectivity index (χ3v) is 5.18. The number of anilines is 1. The first-order chi connectivity index (χ1) is 12.0. The molecule has 25 heavy (non-hydrogen) atoms. The van der Waals surface area contributed by atoms with Crippen LogP contribution < -0.4 is 5.32 Å². The molecule has 0 unspecified atom stereocenters. The first kappa shape index (κ1) is 17.3. The Balaban J connectivity index is 1.72. The number of nitrogens with zero attached hydrogens (tertiary/aromatic N) is 4. The number of aromatic nitrogens is 2. The van der Waals surface area contributed by atoms with Gasteiger partial charge in [0, 0.05) is 17.2 Å². The van der Waals surface area contributed by atoms with Gasteiger partial charge in [-0.1, -0.05) is 23.5 Å². The smallest absolute Gasteiger partial charge is 0.282 e. The van der Waals surface area contributed by atoms with E-state index in [0.29, 0.717) is 5.13 Å². The molecule has 0 aliphatic heterocycles. The molecule has 1 aromatic carbocycles. The lowest BCUT2D eigenvalue weighted by Gasteiger charge is -2.01. The highest BCUT2D eigenvalue weighted by molar-refractivity contribution is 9.11. The molecule has 2 aromatic heterocycles. The van der Waals surface area contributed by atoms with Gasteiger partial charge in [-0.05, 0) is 34.1 Å². The number of hydrogen-bond donors (Lipinski definition) is 1. The standard InChI is InChI=1S/C14H8BrN5O3S2/c15-11-6-5-8(24-11)7-16-13-18-19-14(25-13)17-12(21)9-3-1-2-4-10(9)20(22)23/h1-7H,(H,17,19,21). The van der Waals surface area contributed by atoms with Crippen molar-refractivity contribution in [2.45, 2.75) is 0 Å². The molecule has 0 saturated carbocycles. The van der Waals surface area contributed by atoms with Gasteiger partial charge in [0.05, 0.1) is 8.71 Å². The monoisotopic (exact) mass is 437 g/mol. The van der Waals surface area contributed by atoms with E-state index in [1.54, 1.807) is 12.3 Å². The fraction of sp³-hybridized carbons (Fsp3) is 0. The Morgan fingerprint density at radius 1 is 1.24 bits per heavy atom. The summed E-state index contributed by atoms with van der Waals surface area (Å²) in [4.78, 5) is 27.7. The number of aliphatic imine (C=N–C) groups is 1. The van der Waals surface area contributed by atoms with Gasteiger partial charge in [0.2, 0.25) is 10.3 Å². The maximum atomic E-state index is 12.2. The van der Waals surface area contributed by atoms with Gasteiger partial charge in [0.25, 0.3) is 11.6 Å². The van der Waals surface area contributed by atoms with Crippen LogP contribution in [0, 0.1) is 10.1 Å². The molecule has 0 aliphatic carbocycles. The van der Waals surface area contributed by atoms with Crippen LogP contribution in [0.15, 0.2) is 45.2 Å². The van der Waals surface area contributed by atoms with Crippen molar-refractivity contribution < 1.29 is 9.72 Å². The molecule has 0 aliphatic rings. The molecule has 0 bridgehead atoms. The Labute approximate surface area is 157 Å². The van der Waals surface area contributed by atoms with Crippen molar-refractivity contribution >= 4 is 66.7 Å². The highest BCUT2D eigenvalue weighted by atomic mass is 79.9. The van der Waals surface area contributed by atoms with Crippen LogP contribution in [0.2, 0.25) is 0 Å². The number of para-hydroxylation sites is 1. The second-order valence-corrected chi connectivity index (χ2v) is 7.97. The number of carbonyl (C=O) groups is 1. The predicted octanol–water partition coefficient (Wildman–Crippen LogP) is 4.27. The molecule has 3 aromatic rings. The molecule has 1 N–H and O–H groups in total. The molecular weight excluding hydrogens is 430 g/mol. The predicted molar refractivity (Wildman–Crippen MR) is 100 cm³/mol. The van der Waals surface area contributed by atoms with Gasteiger partial charge in [0.1, 0.15) is 5.56 Å². The summed E-state index contributed by atoms with van der Waals surface area (Å²) in [6.45, 7) is 0. The maximum absolute atomic E-state index is 12.2. The fourth-order valence-corrected chi connectivity index (χ4v) is 3.70. The molecule has 11 heteroatoms. The number of nitrogens with one attached hydrogen (secondary N) is 1. The molecule has 0 atom stereocenters. The molecule has 8 nitrogen and oxygen atoms in total. The van der Waals surface area contributed by atoms with Gasteiger partial charge in [-0.3, -0.25) is 20.2 Å².